The lowest BCUT2D eigenvalue weighted by Gasteiger charge is -2.32. The highest BCUT2D eigenvalue weighted by Gasteiger charge is 2.27. The third kappa shape index (κ3) is 4.09. The molecule has 1 aromatic rings. The molecule has 1 aliphatic rings. The zero-order valence-corrected chi connectivity index (χ0v) is 12.8. The Morgan fingerprint density at radius 1 is 1.32 bits per heavy atom. The van der Waals surface area contributed by atoms with Crippen LogP contribution in [0.25, 0.3) is 0 Å². The summed E-state index contributed by atoms with van der Waals surface area (Å²) in [5.41, 5.74) is 1.14. The third-order valence-corrected chi connectivity index (χ3v) is 4.29. The van der Waals surface area contributed by atoms with Gasteiger partial charge in [-0.15, -0.1) is 0 Å². The number of hydrogen-bond donors (Lipinski definition) is 1. The van der Waals surface area contributed by atoms with Gasteiger partial charge in [-0.1, -0.05) is 36.2 Å². The molecule has 0 spiro atoms. The molecule has 1 aromatic carbocycles. The zero-order valence-electron chi connectivity index (χ0n) is 11.3. The van der Waals surface area contributed by atoms with Crippen LogP contribution in [0.5, 0.6) is 0 Å². The van der Waals surface area contributed by atoms with Crippen LogP contribution < -0.4 is 5.32 Å². The normalized spacial score (nSPS) is 23.5. The summed E-state index contributed by atoms with van der Waals surface area (Å²) in [7, 11) is 0. The van der Waals surface area contributed by atoms with Gasteiger partial charge in [0.15, 0.2) is 0 Å². The Balaban J connectivity index is 2.07. The standard InChI is InChI=1S/C15H21Cl2NO/c1-2-7-18-10-12-4-3-8-19-15(12)11-5-6-13(16)14(17)9-11/h5-6,9,12,15,18H,2-4,7-8,10H2,1H3. The van der Waals surface area contributed by atoms with E-state index in [-0.39, 0.29) is 6.10 Å². The first-order valence-corrected chi connectivity index (χ1v) is 7.75. The molecule has 0 radical (unpaired) electrons. The molecular formula is C15H21Cl2NO. The molecular weight excluding hydrogens is 281 g/mol. The summed E-state index contributed by atoms with van der Waals surface area (Å²) in [6.07, 6.45) is 3.62. The molecule has 2 nitrogen and oxygen atoms in total. The van der Waals surface area contributed by atoms with E-state index in [9.17, 15) is 0 Å². The smallest absolute Gasteiger partial charge is 0.0865 e. The van der Waals surface area contributed by atoms with Gasteiger partial charge in [-0.3, -0.25) is 0 Å². The fraction of sp³-hybridized carbons (Fsp3) is 0.600. The Labute approximate surface area is 125 Å². The van der Waals surface area contributed by atoms with Crippen LogP contribution in [0.2, 0.25) is 10.0 Å². The van der Waals surface area contributed by atoms with Crippen molar-refractivity contribution in [3.8, 4) is 0 Å². The molecule has 0 bridgehead atoms. The van der Waals surface area contributed by atoms with Crippen LogP contribution in [0.4, 0.5) is 0 Å². The van der Waals surface area contributed by atoms with Crippen LogP contribution in [-0.2, 0) is 4.74 Å². The van der Waals surface area contributed by atoms with E-state index in [2.05, 4.69) is 12.2 Å². The largest absolute Gasteiger partial charge is 0.373 e. The summed E-state index contributed by atoms with van der Waals surface area (Å²) in [5.74, 6) is 0.512. The van der Waals surface area contributed by atoms with Gasteiger partial charge in [0.2, 0.25) is 0 Å². The molecule has 19 heavy (non-hydrogen) atoms. The average Bonchev–Trinajstić information content (AvgIpc) is 2.43. The summed E-state index contributed by atoms with van der Waals surface area (Å²) < 4.78 is 5.96. The van der Waals surface area contributed by atoms with Crippen LogP contribution in [0, 0.1) is 5.92 Å². The lowest BCUT2D eigenvalue weighted by molar-refractivity contribution is -0.0277. The Morgan fingerprint density at radius 2 is 2.16 bits per heavy atom. The second kappa shape index (κ2) is 7.49. The van der Waals surface area contributed by atoms with Crippen molar-refractivity contribution in [3.63, 3.8) is 0 Å². The van der Waals surface area contributed by atoms with E-state index in [1.807, 2.05) is 18.2 Å². The fourth-order valence-electron chi connectivity index (χ4n) is 2.57. The zero-order chi connectivity index (χ0) is 13.7. The van der Waals surface area contributed by atoms with E-state index < -0.39 is 0 Å². The fourth-order valence-corrected chi connectivity index (χ4v) is 2.88. The molecule has 1 aliphatic heterocycles. The maximum absolute atomic E-state index is 6.10. The summed E-state index contributed by atoms with van der Waals surface area (Å²) in [6, 6.07) is 5.82. The monoisotopic (exact) mass is 301 g/mol. The van der Waals surface area contributed by atoms with Crippen LogP contribution in [0.1, 0.15) is 37.9 Å². The number of halogens is 2. The predicted molar refractivity (Wildman–Crippen MR) is 81.0 cm³/mol. The highest BCUT2D eigenvalue weighted by atomic mass is 35.5. The summed E-state index contributed by atoms with van der Waals surface area (Å²) in [5, 5.41) is 4.70. The van der Waals surface area contributed by atoms with Gasteiger partial charge in [0.05, 0.1) is 16.1 Å². The van der Waals surface area contributed by atoms with Crippen molar-refractivity contribution in [3.05, 3.63) is 33.8 Å². The summed E-state index contributed by atoms with van der Waals surface area (Å²) in [6.45, 7) is 5.07. The first-order valence-electron chi connectivity index (χ1n) is 6.99. The molecule has 0 saturated carbocycles. The van der Waals surface area contributed by atoms with Gasteiger partial charge < -0.3 is 10.1 Å². The Bertz CT molecular complexity index is 411. The number of rotatable bonds is 5. The molecule has 1 saturated heterocycles. The Morgan fingerprint density at radius 3 is 2.89 bits per heavy atom. The van der Waals surface area contributed by atoms with Gasteiger partial charge in [-0.2, -0.15) is 0 Å². The number of hydrogen-bond acceptors (Lipinski definition) is 2. The number of ether oxygens (including phenoxy) is 1. The molecule has 0 aromatic heterocycles. The number of nitrogens with one attached hydrogen (secondary N) is 1. The highest BCUT2D eigenvalue weighted by molar-refractivity contribution is 6.42. The molecule has 0 aliphatic carbocycles. The van der Waals surface area contributed by atoms with Crippen molar-refractivity contribution in [1.29, 1.82) is 0 Å². The third-order valence-electron chi connectivity index (χ3n) is 3.55. The van der Waals surface area contributed by atoms with Crippen LogP contribution in [0.15, 0.2) is 18.2 Å². The minimum absolute atomic E-state index is 0.132. The molecule has 1 N–H and O–H groups in total. The van der Waals surface area contributed by atoms with Gasteiger partial charge in [0, 0.05) is 19.1 Å². The van der Waals surface area contributed by atoms with Crippen molar-refractivity contribution >= 4 is 23.2 Å². The molecule has 2 rings (SSSR count). The van der Waals surface area contributed by atoms with Crippen molar-refractivity contribution in [2.45, 2.75) is 32.3 Å². The molecule has 106 valence electrons. The molecule has 1 fully saturated rings. The SMILES string of the molecule is CCCNCC1CCCOC1c1ccc(Cl)c(Cl)c1. The van der Waals surface area contributed by atoms with E-state index in [4.69, 9.17) is 27.9 Å². The van der Waals surface area contributed by atoms with Gasteiger partial charge in [-0.25, -0.2) is 0 Å². The average molecular weight is 302 g/mol. The van der Waals surface area contributed by atoms with Crippen molar-refractivity contribution in [2.75, 3.05) is 19.7 Å². The summed E-state index contributed by atoms with van der Waals surface area (Å²) in [4.78, 5) is 0. The van der Waals surface area contributed by atoms with Crippen molar-refractivity contribution in [1.82, 2.24) is 5.32 Å². The molecule has 1 heterocycles. The van der Waals surface area contributed by atoms with Crippen molar-refractivity contribution < 1.29 is 4.74 Å². The first-order chi connectivity index (χ1) is 9.22. The second-order valence-electron chi connectivity index (χ2n) is 5.07. The maximum atomic E-state index is 6.10. The van der Waals surface area contributed by atoms with E-state index in [1.165, 1.54) is 6.42 Å². The van der Waals surface area contributed by atoms with Gasteiger partial charge >= 0.3 is 0 Å². The number of benzene rings is 1. The quantitative estimate of drug-likeness (QED) is 0.811. The van der Waals surface area contributed by atoms with Crippen LogP contribution in [0.3, 0.4) is 0 Å². The first kappa shape index (κ1) is 15.1. The predicted octanol–water partition coefficient (Wildman–Crippen LogP) is 4.46. The molecule has 2 unspecified atom stereocenters. The second-order valence-corrected chi connectivity index (χ2v) is 5.89. The van der Waals surface area contributed by atoms with E-state index >= 15 is 0 Å². The Hall–Kier alpha value is -0.280. The highest BCUT2D eigenvalue weighted by Crippen LogP contribution is 2.35. The van der Waals surface area contributed by atoms with E-state index in [0.29, 0.717) is 16.0 Å². The minimum atomic E-state index is 0.132. The lowest BCUT2D eigenvalue weighted by atomic mass is 9.89. The van der Waals surface area contributed by atoms with Crippen molar-refractivity contribution in [2.24, 2.45) is 5.92 Å². The van der Waals surface area contributed by atoms with Gasteiger partial charge in [-0.05, 0) is 43.5 Å². The lowest BCUT2D eigenvalue weighted by Crippen LogP contribution is -2.32. The maximum Gasteiger partial charge on any atom is 0.0865 e. The summed E-state index contributed by atoms with van der Waals surface area (Å²) >= 11 is 12.1. The molecule has 2 atom stereocenters. The molecule has 4 heteroatoms. The topological polar surface area (TPSA) is 21.3 Å². The Kier molecular flexibility index (Phi) is 5.96. The van der Waals surface area contributed by atoms with E-state index in [1.54, 1.807) is 0 Å². The van der Waals surface area contributed by atoms with E-state index in [0.717, 1.165) is 38.1 Å². The van der Waals surface area contributed by atoms with Gasteiger partial charge in [0.25, 0.3) is 0 Å². The molecule has 0 amide bonds. The minimum Gasteiger partial charge on any atom is -0.373 e. The van der Waals surface area contributed by atoms with Crippen LogP contribution in [-0.4, -0.2) is 19.7 Å². The van der Waals surface area contributed by atoms with Gasteiger partial charge in [0.1, 0.15) is 0 Å². The van der Waals surface area contributed by atoms with Crippen LogP contribution >= 0.6 is 23.2 Å².